The van der Waals surface area contributed by atoms with Gasteiger partial charge in [0.25, 0.3) is 5.91 Å². The third-order valence-corrected chi connectivity index (χ3v) is 6.83. The van der Waals surface area contributed by atoms with Gasteiger partial charge < -0.3 is 24.8 Å². The maximum atomic E-state index is 13.1. The molecule has 1 aromatic rings. The van der Waals surface area contributed by atoms with Crippen molar-refractivity contribution in [3.8, 4) is 0 Å². The Morgan fingerprint density at radius 3 is 2.92 bits per heavy atom. The van der Waals surface area contributed by atoms with Crippen LogP contribution in [-0.4, -0.2) is 67.4 Å². The SMILES string of the molecule is COC(=O)[C@@H]1C[C@@H](O)CN1C(=O)c1cc2c(s1)CCOC21CCNCC1. The second kappa shape index (κ2) is 6.92. The molecule has 0 saturated carbocycles. The second-order valence-corrected chi connectivity index (χ2v) is 8.31. The van der Waals surface area contributed by atoms with Crippen molar-refractivity contribution in [2.45, 2.75) is 43.4 Å². The zero-order valence-corrected chi connectivity index (χ0v) is 15.6. The number of fused-ring (bicyclic) bond motifs is 2. The average molecular weight is 380 g/mol. The second-order valence-electron chi connectivity index (χ2n) is 7.18. The summed E-state index contributed by atoms with van der Waals surface area (Å²) in [6.45, 7) is 2.64. The van der Waals surface area contributed by atoms with Gasteiger partial charge in [-0.3, -0.25) is 4.79 Å². The first-order valence-electron chi connectivity index (χ1n) is 9.09. The Morgan fingerprint density at radius 1 is 1.42 bits per heavy atom. The highest BCUT2D eigenvalue weighted by molar-refractivity contribution is 7.14. The van der Waals surface area contributed by atoms with Gasteiger partial charge in [-0.15, -0.1) is 11.3 Å². The quantitative estimate of drug-likeness (QED) is 0.733. The van der Waals surface area contributed by atoms with Gasteiger partial charge in [0, 0.05) is 24.3 Å². The molecule has 7 nitrogen and oxygen atoms in total. The van der Waals surface area contributed by atoms with Crippen LogP contribution < -0.4 is 5.32 Å². The van der Waals surface area contributed by atoms with Crippen LogP contribution in [0.3, 0.4) is 0 Å². The number of esters is 1. The molecule has 2 atom stereocenters. The van der Waals surface area contributed by atoms with Gasteiger partial charge in [0.05, 0.1) is 30.3 Å². The minimum absolute atomic E-state index is 0.159. The van der Waals surface area contributed by atoms with Crippen molar-refractivity contribution < 1.29 is 24.2 Å². The number of nitrogens with one attached hydrogen (secondary N) is 1. The predicted molar refractivity (Wildman–Crippen MR) is 95.2 cm³/mol. The standard InChI is InChI=1S/C18H24N2O5S/c1-24-17(23)13-8-11(21)10-20(13)16(22)15-9-12-14(26-15)2-7-25-18(12)3-5-19-6-4-18/h9,11,13,19,21H,2-8,10H2,1H3/t11-,13+/m1/s1. The third kappa shape index (κ3) is 2.94. The number of hydrogen-bond donors (Lipinski definition) is 2. The fourth-order valence-electron chi connectivity index (χ4n) is 4.31. The lowest BCUT2D eigenvalue weighted by Gasteiger charge is -2.40. The Labute approximate surface area is 156 Å². The van der Waals surface area contributed by atoms with E-state index < -0.39 is 18.1 Å². The lowest BCUT2D eigenvalue weighted by Crippen LogP contribution is -2.44. The number of likely N-dealkylation sites (tertiary alicyclic amines) is 1. The molecule has 1 spiro atoms. The third-order valence-electron chi connectivity index (χ3n) is 5.64. The van der Waals surface area contributed by atoms with Crippen molar-refractivity contribution >= 4 is 23.2 Å². The highest BCUT2D eigenvalue weighted by Gasteiger charge is 2.43. The van der Waals surface area contributed by atoms with Crippen LogP contribution in [0.1, 0.15) is 39.4 Å². The summed E-state index contributed by atoms with van der Waals surface area (Å²) >= 11 is 1.50. The fraction of sp³-hybridized carbons (Fsp3) is 0.667. The number of nitrogens with zero attached hydrogens (tertiary/aromatic N) is 1. The summed E-state index contributed by atoms with van der Waals surface area (Å²) in [5.74, 6) is -0.685. The number of thiophene rings is 1. The van der Waals surface area contributed by atoms with E-state index in [1.54, 1.807) is 0 Å². The molecule has 4 heterocycles. The summed E-state index contributed by atoms with van der Waals surface area (Å²) in [5, 5.41) is 13.3. The molecule has 1 amide bonds. The average Bonchev–Trinajstić information content (AvgIpc) is 3.26. The van der Waals surface area contributed by atoms with E-state index in [9.17, 15) is 14.7 Å². The van der Waals surface area contributed by atoms with Crippen LogP contribution in [0.4, 0.5) is 0 Å². The summed E-state index contributed by atoms with van der Waals surface area (Å²) in [7, 11) is 1.30. The van der Waals surface area contributed by atoms with Crippen molar-refractivity contribution in [1.29, 1.82) is 0 Å². The molecule has 0 bridgehead atoms. The van der Waals surface area contributed by atoms with Gasteiger partial charge in [-0.2, -0.15) is 0 Å². The molecular weight excluding hydrogens is 356 g/mol. The van der Waals surface area contributed by atoms with E-state index in [-0.39, 0.29) is 24.5 Å². The van der Waals surface area contributed by atoms with Crippen LogP contribution >= 0.6 is 11.3 Å². The zero-order chi connectivity index (χ0) is 18.3. The van der Waals surface area contributed by atoms with E-state index in [1.807, 2.05) is 6.07 Å². The van der Waals surface area contributed by atoms with E-state index in [0.717, 1.165) is 37.9 Å². The first-order valence-corrected chi connectivity index (χ1v) is 9.90. The monoisotopic (exact) mass is 380 g/mol. The van der Waals surface area contributed by atoms with E-state index >= 15 is 0 Å². The Morgan fingerprint density at radius 2 is 2.19 bits per heavy atom. The molecule has 26 heavy (non-hydrogen) atoms. The lowest BCUT2D eigenvalue weighted by molar-refractivity contribution is -0.145. The molecule has 142 valence electrons. The minimum Gasteiger partial charge on any atom is -0.467 e. The van der Waals surface area contributed by atoms with E-state index in [2.05, 4.69) is 5.32 Å². The number of aliphatic hydroxyl groups excluding tert-OH is 1. The highest BCUT2D eigenvalue weighted by Crippen LogP contribution is 2.44. The number of amides is 1. The highest BCUT2D eigenvalue weighted by atomic mass is 32.1. The van der Waals surface area contributed by atoms with Gasteiger partial charge in [0.2, 0.25) is 0 Å². The number of carbonyl (C=O) groups is 2. The van der Waals surface area contributed by atoms with Gasteiger partial charge >= 0.3 is 5.97 Å². The number of aliphatic hydroxyl groups is 1. The van der Waals surface area contributed by atoms with Gasteiger partial charge in [0.1, 0.15) is 6.04 Å². The molecule has 1 aromatic heterocycles. The van der Waals surface area contributed by atoms with Crippen LogP contribution in [0, 0.1) is 0 Å². The number of hydrogen-bond acceptors (Lipinski definition) is 7. The normalized spacial score (nSPS) is 27.4. The van der Waals surface area contributed by atoms with Gasteiger partial charge in [0.15, 0.2) is 0 Å². The van der Waals surface area contributed by atoms with E-state index in [1.165, 1.54) is 28.2 Å². The number of piperidine rings is 1. The fourth-order valence-corrected chi connectivity index (χ4v) is 5.49. The molecule has 0 aliphatic carbocycles. The minimum atomic E-state index is -0.717. The molecule has 0 unspecified atom stereocenters. The number of β-amino-alcohol motifs (C(OH)–C–C–N with tert-alkyl or cyclic N) is 1. The largest absolute Gasteiger partial charge is 0.467 e. The Kier molecular flexibility index (Phi) is 4.77. The molecule has 2 N–H and O–H groups in total. The molecule has 3 aliphatic rings. The van der Waals surface area contributed by atoms with Crippen LogP contribution in [0.25, 0.3) is 0 Å². The predicted octanol–water partition coefficient (Wildman–Crippen LogP) is 0.648. The summed E-state index contributed by atoms with van der Waals surface area (Å²) < 4.78 is 11.0. The molecule has 3 aliphatic heterocycles. The van der Waals surface area contributed by atoms with E-state index in [0.29, 0.717) is 11.5 Å². The Hall–Kier alpha value is -1.48. The zero-order valence-electron chi connectivity index (χ0n) is 14.8. The first kappa shape index (κ1) is 17.9. The van der Waals surface area contributed by atoms with Crippen LogP contribution in [0.5, 0.6) is 0 Å². The number of ether oxygens (including phenoxy) is 2. The first-order chi connectivity index (χ1) is 12.5. The molecule has 2 fully saturated rings. The maximum Gasteiger partial charge on any atom is 0.328 e. The van der Waals surface area contributed by atoms with Gasteiger partial charge in [-0.05, 0) is 37.6 Å². The molecule has 2 saturated heterocycles. The van der Waals surface area contributed by atoms with Crippen molar-refractivity contribution in [3.05, 3.63) is 21.4 Å². The summed E-state index contributed by atoms with van der Waals surface area (Å²) in [6.07, 6.45) is 2.14. The molecule has 0 radical (unpaired) electrons. The van der Waals surface area contributed by atoms with E-state index in [4.69, 9.17) is 9.47 Å². The van der Waals surface area contributed by atoms with Crippen molar-refractivity contribution in [1.82, 2.24) is 10.2 Å². The topological polar surface area (TPSA) is 88.1 Å². The number of rotatable bonds is 2. The van der Waals surface area contributed by atoms with Crippen LogP contribution in [0.15, 0.2) is 6.07 Å². The Bertz CT molecular complexity index is 712. The smallest absolute Gasteiger partial charge is 0.328 e. The number of methoxy groups -OCH3 is 1. The van der Waals surface area contributed by atoms with Crippen LogP contribution in [0.2, 0.25) is 0 Å². The summed E-state index contributed by atoms with van der Waals surface area (Å²) in [4.78, 5) is 28.3. The van der Waals surface area contributed by atoms with Gasteiger partial charge in [-0.25, -0.2) is 4.79 Å². The Balaban J connectivity index is 1.63. The summed E-state index contributed by atoms with van der Waals surface area (Å²) in [6, 6.07) is 1.23. The van der Waals surface area contributed by atoms with Crippen molar-refractivity contribution in [2.24, 2.45) is 0 Å². The molecule has 4 rings (SSSR count). The maximum absolute atomic E-state index is 13.1. The molecular formula is C18H24N2O5S. The lowest BCUT2D eigenvalue weighted by atomic mass is 9.83. The summed E-state index contributed by atoms with van der Waals surface area (Å²) in [5.41, 5.74) is 0.841. The van der Waals surface area contributed by atoms with Crippen LogP contribution in [-0.2, 0) is 26.3 Å². The van der Waals surface area contributed by atoms with Crippen molar-refractivity contribution in [3.63, 3.8) is 0 Å². The molecule has 0 aromatic carbocycles. The molecule has 8 heteroatoms. The van der Waals surface area contributed by atoms with Crippen molar-refractivity contribution in [2.75, 3.05) is 33.4 Å². The van der Waals surface area contributed by atoms with Gasteiger partial charge in [-0.1, -0.05) is 0 Å². The number of carbonyl (C=O) groups excluding carboxylic acids is 2.